The number of Topliss-reactive ketones (excluding diaryl/α,β-unsaturated/α-hetero) is 1. The van der Waals surface area contributed by atoms with E-state index in [1.54, 1.807) is 0 Å². The van der Waals surface area contributed by atoms with Crippen molar-refractivity contribution in [3.8, 4) is 0 Å². The molecule has 4 nitrogen and oxygen atoms in total. The van der Waals surface area contributed by atoms with Gasteiger partial charge in [-0.3, -0.25) is 4.79 Å². The summed E-state index contributed by atoms with van der Waals surface area (Å²) in [5, 5.41) is 8.34. The van der Waals surface area contributed by atoms with Crippen molar-refractivity contribution in [2.24, 2.45) is 0 Å². The molecule has 0 aromatic heterocycles. The van der Waals surface area contributed by atoms with Crippen LogP contribution < -0.4 is 0 Å². The Kier molecular flexibility index (Phi) is 4.69. The molecule has 0 radical (unpaired) electrons. The van der Waals surface area contributed by atoms with Crippen molar-refractivity contribution in [3.63, 3.8) is 0 Å². The van der Waals surface area contributed by atoms with Crippen LogP contribution in [-0.2, 0) is 14.3 Å². The fourth-order valence-electron chi connectivity index (χ4n) is 0.576. The molecule has 0 heterocycles. The molecule has 0 aromatic rings. The molecular formula is C9H12O4. The Morgan fingerprint density at radius 3 is 2.31 bits per heavy atom. The zero-order chi connectivity index (χ0) is 10.4. The molecule has 0 unspecified atom stereocenters. The standard InChI is InChI=1S/C9H12O4/c1-6(2)8(11)7(3)9(12)13-5-4-10/h10H,1,3-5H2,2H3. The summed E-state index contributed by atoms with van der Waals surface area (Å²) in [7, 11) is 0. The van der Waals surface area contributed by atoms with Crippen LogP contribution in [0.15, 0.2) is 24.3 Å². The Balaban J connectivity index is 4.19. The maximum Gasteiger partial charge on any atom is 0.341 e. The molecule has 0 aliphatic carbocycles. The van der Waals surface area contributed by atoms with Gasteiger partial charge in [-0.1, -0.05) is 13.2 Å². The average molecular weight is 184 g/mol. The van der Waals surface area contributed by atoms with Crippen molar-refractivity contribution >= 4 is 11.8 Å². The molecule has 0 atom stereocenters. The molecule has 0 bridgehead atoms. The van der Waals surface area contributed by atoms with Crippen LogP contribution in [0.4, 0.5) is 0 Å². The third-order valence-corrected chi connectivity index (χ3v) is 1.23. The molecule has 0 aliphatic rings. The second-order valence-corrected chi connectivity index (χ2v) is 2.45. The van der Waals surface area contributed by atoms with Gasteiger partial charge in [-0.15, -0.1) is 0 Å². The Labute approximate surface area is 76.5 Å². The highest BCUT2D eigenvalue weighted by Crippen LogP contribution is 2.03. The van der Waals surface area contributed by atoms with Crippen molar-refractivity contribution < 1.29 is 19.4 Å². The number of rotatable bonds is 5. The minimum atomic E-state index is -0.818. The van der Waals surface area contributed by atoms with Gasteiger partial charge in [0.2, 0.25) is 0 Å². The van der Waals surface area contributed by atoms with E-state index in [2.05, 4.69) is 17.9 Å². The van der Waals surface area contributed by atoms with Crippen molar-refractivity contribution in [2.75, 3.05) is 13.2 Å². The fourth-order valence-corrected chi connectivity index (χ4v) is 0.576. The SMILES string of the molecule is C=C(C)C(=O)C(=C)C(=O)OCCO. The summed E-state index contributed by atoms with van der Waals surface area (Å²) in [5.74, 6) is -1.34. The van der Waals surface area contributed by atoms with E-state index in [0.717, 1.165) is 0 Å². The zero-order valence-electron chi connectivity index (χ0n) is 7.50. The van der Waals surface area contributed by atoms with E-state index >= 15 is 0 Å². The molecule has 0 aliphatic heterocycles. The first-order valence-electron chi connectivity index (χ1n) is 3.67. The lowest BCUT2D eigenvalue weighted by atomic mass is 10.1. The first-order chi connectivity index (χ1) is 6.00. The number of aliphatic hydroxyl groups is 1. The quantitative estimate of drug-likeness (QED) is 0.287. The second kappa shape index (κ2) is 5.27. The fraction of sp³-hybridized carbons (Fsp3) is 0.333. The molecule has 1 N–H and O–H groups in total. The third kappa shape index (κ3) is 3.66. The zero-order valence-corrected chi connectivity index (χ0v) is 7.50. The number of aliphatic hydroxyl groups excluding tert-OH is 1. The van der Waals surface area contributed by atoms with E-state index < -0.39 is 11.8 Å². The van der Waals surface area contributed by atoms with Crippen LogP contribution in [0.5, 0.6) is 0 Å². The largest absolute Gasteiger partial charge is 0.460 e. The highest BCUT2D eigenvalue weighted by Gasteiger charge is 2.16. The van der Waals surface area contributed by atoms with Crippen LogP contribution in [0, 0.1) is 0 Å². The monoisotopic (exact) mass is 184 g/mol. The van der Waals surface area contributed by atoms with E-state index in [1.165, 1.54) is 6.92 Å². The lowest BCUT2D eigenvalue weighted by Crippen LogP contribution is -2.16. The van der Waals surface area contributed by atoms with Gasteiger partial charge in [0.25, 0.3) is 0 Å². The molecule has 0 fully saturated rings. The maximum atomic E-state index is 11.1. The normalized spacial score (nSPS) is 9.08. The number of allylic oxidation sites excluding steroid dienone is 1. The molecule has 4 heteroatoms. The number of esters is 1. The Morgan fingerprint density at radius 2 is 1.92 bits per heavy atom. The van der Waals surface area contributed by atoms with E-state index in [1.807, 2.05) is 0 Å². The first kappa shape index (κ1) is 11.6. The molecule has 72 valence electrons. The summed E-state index contributed by atoms with van der Waals surface area (Å²) in [5.41, 5.74) is -0.0353. The van der Waals surface area contributed by atoms with Gasteiger partial charge in [-0.05, 0) is 12.5 Å². The van der Waals surface area contributed by atoms with E-state index in [9.17, 15) is 9.59 Å². The van der Waals surface area contributed by atoms with Crippen LogP contribution in [0.3, 0.4) is 0 Å². The number of hydrogen-bond donors (Lipinski definition) is 1. The predicted octanol–water partition coefficient (Wildman–Crippen LogP) is 0.223. The third-order valence-electron chi connectivity index (χ3n) is 1.23. The Bertz CT molecular complexity index is 252. The molecular weight excluding hydrogens is 172 g/mol. The van der Waals surface area contributed by atoms with Gasteiger partial charge in [0.1, 0.15) is 6.61 Å². The molecule has 0 rings (SSSR count). The summed E-state index contributed by atoms with van der Waals surface area (Å²) >= 11 is 0. The summed E-state index contributed by atoms with van der Waals surface area (Å²) in [4.78, 5) is 22.0. The number of carbonyl (C=O) groups is 2. The minimum Gasteiger partial charge on any atom is -0.460 e. The van der Waals surface area contributed by atoms with Crippen molar-refractivity contribution in [1.82, 2.24) is 0 Å². The molecule has 0 amide bonds. The average Bonchev–Trinajstić information content (AvgIpc) is 2.11. The van der Waals surface area contributed by atoms with Gasteiger partial charge < -0.3 is 9.84 Å². The van der Waals surface area contributed by atoms with Crippen LogP contribution in [-0.4, -0.2) is 30.1 Å². The van der Waals surface area contributed by atoms with Gasteiger partial charge in [0.15, 0.2) is 5.78 Å². The molecule has 13 heavy (non-hydrogen) atoms. The van der Waals surface area contributed by atoms with Crippen molar-refractivity contribution in [2.45, 2.75) is 6.92 Å². The number of carbonyl (C=O) groups excluding carboxylic acids is 2. The molecule has 0 saturated heterocycles. The summed E-state index contributed by atoms with van der Waals surface area (Å²) < 4.78 is 4.47. The molecule has 0 saturated carbocycles. The van der Waals surface area contributed by atoms with Gasteiger partial charge in [-0.2, -0.15) is 0 Å². The maximum absolute atomic E-state index is 11.1. The highest BCUT2D eigenvalue weighted by molar-refractivity contribution is 6.23. The van der Waals surface area contributed by atoms with E-state index in [-0.39, 0.29) is 24.4 Å². The lowest BCUT2D eigenvalue weighted by molar-refractivity contribution is -0.141. The van der Waals surface area contributed by atoms with Crippen LogP contribution in [0.2, 0.25) is 0 Å². The van der Waals surface area contributed by atoms with Gasteiger partial charge >= 0.3 is 5.97 Å². The molecule has 0 aromatic carbocycles. The summed E-state index contributed by atoms with van der Waals surface area (Å²) in [6.45, 7) is 7.70. The van der Waals surface area contributed by atoms with Crippen LogP contribution in [0.1, 0.15) is 6.92 Å². The van der Waals surface area contributed by atoms with Crippen LogP contribution in [0.25, 0.3) is 0 Å². The first-order valence-corrected chi connectivity index (χ1v) is 3.67. The predicted molar refractivity (Wildman–Crippen MR) is 47.0 cm³/mol. The highest BCUT2D eigenvalue weighted by atomic mass is 16.5. The van der Waals surface area contributed by atoms with E-state index in [4.69, 9.17) is 5.11 Å². The van der Waals surface area contributed by atoms with Gasteiger partial charge in [0, 0.05) is 0 Å². The smallest absolute Gasteiger partial charge is 0.341 e. The second-order valence-electron chi connectivity index (χ2n) is 2.45. The molecule has 0 spiro atoms. The van der Waals surface area contributed by atoms with E-state index in [0.29, 0.717) is 0 Å². The van der Waals surface area contributed by atoms with Crippen molar-refractivity contribution in [3.05, 3.63) is 24.3 Å². The topological polar surface area (TPSA) is 63.6 Å². The number of hydrogen-bond acceptors (Lipinski definition) is 4. The number of ketones is 1. The summed E-state index contributed by atoms with van der Waals surface area (Å²) in [6.07, 6.45) is 0. The Hall–Kier alpha value is -1.42. The number of ether oxygens (including phenoxy) is 1. The minimum absolute atomic E-state index is 0.138. The van der Waals surface area contributed by atoms with Crippen LogP contribution >= 0.6 is 0 Å². The van der Waals surface area contributed by atoms with Gasteiger partial charge in [0.05, 0.1) is 12.2 Å². The van der Waals surface area contributed by atoms with Gasteiger partial charge in [-0.25, -0.2) is 4.79 Å². The summed E-state index contributed by atoms with van der Waals surface area (Å²) in [6, 6.07) is 0. The Morgan fingerprint density at radius 1 is 1.38 bits per heavy atom. The van der Waals surface area contributed by atoms with Crippen molar-refractivity contribution in [1.29, 1.82) is 0 Å². The lowest BCUT2D eigenvalue weighted by Gasteiger charge is -2.03.